The van der Waals surface area contributed by atoms with Crippen molar-refractivity contribution < 1.29 is 17.9 Å². The van der Waals surface area contributed by atoms with Gasteiger partial charge in [-0.3, -0.25) is 0 Å². The van der Waals surface area contributed by atoms with Crippen LogP contribution in [0.5, 0.6) is 0 Å². The van der Waals surface area contributed by atoms with Gasteiger partial charge in [-0.15, -0.1) is 0 Å². The summed E-state index contributed by atoms with van der Waals surface area (Å²) in [7, 11) is -2.44. The molecule has 0 saturated carbocycles. The zero-order valence-electron chi connectivity index (χ0n) is 22.5. The fourth-order valence-electron chi connectivity index (χ4n) is 5.29. The predicted octanol–water partition coefficient (Wildman–Crippen LogP) is 7.03. The number of carbonyl (C=O) groups excluding carboxylic acids is 1. The third kappa shape index (κ3) is 5.85. The summed E-state index contributed by atoms with van der Waals surface area (Å²) in [6.07, 6.45) is 8.66. The van der Waals surface area contributed by atoms with Gasteiger partial charge in [0.1, 0.15) is 0 Å². The molecular weight excluding hydrogens is 577 g/mol. The Balaban J connectivity index is 2.40. The topological polar surface area (TPSA) is 65.4 Å². The summed E-state index contributed by atoms with van der Waals surface area (Å²) >= 11 is -3.14. The number of aromatic nitrogens is 1. The van der Waals surface area contributed by atoms with Crippen LogP contribution in [0.2, 0.25) is 13.3 Å². The monoisotopic (exact) mass is 619 g/mol. The zero-order chi connectivity index (χ0) is 26.3. The Bertz CT molecular complexity index is 1260. The van der Waals surface area contributed by atoms with Crippen molar-refractivity contribution in [3.05, 3.63) is 59.8 Å². The predicted molar refractivity (Wildman–Crippen MR) is 152 cm³/mol. The number of aryl methyl sites for hydroxylation is 1. The molecule has 3 aromatic rings. The molecule has 0 atom stereocenters. The van der Waals surface area contributed by atoms with Crippen molar-refractivity contribution in [1.29, 1.82) is 0 Å². The van der Waals surface area contributed by atoms with Crippen LogP contribution < -0.4 is 3.58 Å². The first-order valence-electron chi connectivity index (χ1n) is 13.3. The molecule has 0 fully saturated rings. The Labute approximate surface area is 221 Å². The first-order chi connectivity index (χ1) is 17.3. The zero-order valence-corrected chi connectivity index (χ0v) is 26.1. The van der Waals surface area contributed by atoms with E-state index in [2.05, 4.69) is 20.8 Å². The molecule has 0 aliphatic rings. The average Bonchev–Trinajstić information content (AvgIpc) is 3.30. The summed E-state index contributed by atoms with van der Waals surface area (Å²) in [6, 6.07) is 12.4. The summed E-state index contributed by atoms with van der Waals surface area (Å²) in [4.78, 5) is 13.2. The summed E-state index contributed by atoms with van der Waals surface area (Å²) in [5, 5.41) is 0.805. The molecule has 1 aromatic heterocycles. The van der Waals surface area contributed by atoms with Crippen molar-refractivity contribution >= 4 is 48.9 Å². The molecule has 0 N–H and O–H groups in total. The quantitative estimate of drug-likeness (QED) is 0.153. The van der Waals surface area contributed by atoms with Crippen LogP contribution in [-0.4, -0.2) is 43.8 Å². The normalized spacial score (nSPS) is 12.2. The number of nitrogens with zero attached hydrogens (tertiary/aromatic N) is 1. The Morgan fingerprint density at radius 1 is 0.889 bits per heavy atom. The van der Waals surface area contributed by atoms with Gasteiger partial charge in [0.15, 0.2) is 0 Å². The first kappa shape index (κ1) is 28.8. The molecule has 0 bridgehead atoms. The Morgan fingerprint density at radius 2 is 1.44 bits per heavy atom. The standard InChI is InChI=1S/C17H14NO4S.3C4H9.Sn/c1-12-6-8-13(9-7-12)23(20,21)18-11-10-14-15(17(19)22-2)4-3-5-16(14)18;3*1-3-4-2;/h3-9,11H,1-2H3;3*1,3-4H2,2H3;. The van der Waals surface area contributed by atoms with Crippen molar-refractivity contribution in [1.82, 2.24) is 3.97 Å². The average molecular weight is 618 g/mol. The second kappa shape index (κ2) is 12.6. The molecule has 3 rings (SSSR count). The summed E-state index contributed by atoms with van der Waals surface area (Å²) in [5.41, 5.74) is 2.07. The Kier molecular flexibility index (Phi) is 10.1. The van der Waals surface area contributed by atoms with E-state index < -0.39 is 34.4 Å². The van der Waals surface area contributed by atoms with Crippen LogP contribution in [0.1, 0.15) is 75.2 Å². The SMILES string of the molecule is CCC[CH2][Sn]([CH2]CCC)([CH2]CCC)[c]1cn(S(=O)(=O)c2ccc(C)cc2)c2cccc(C(=O)OC)c12. The summed E-state index contributed by atoms with van der Waals surface area (Å²) in [5.74, 6) is -0.408. The molecule has 2 aromatic carbocycles. The molecule has 0 spiro atoms. The van der Waals surface area contributed by atoms with Crippen molar-refractivity contribution in [3.63, 3.8) is 0 Å². The van der Waals surface area contributed by atoms with Gasteiger partial charge in [0.2, 0.25) is 0 Å². The fraction of sp³-hybridized carbons (Fsp3) is 0.483. The second-order valence-corrected chi connectivity index (χ2v) is 24.9. The van der Waals surface area contributed by atoms with E-state index >= 15 is 0 Å². The van der Waals surface area contributed by atoms with Crippen LogP contribution >= 0.6 is 0 Å². The van der Waals surface area contributed by atoms with Gasteiger partial charge in [-0.25, -0.2) is 0 Å². The van der Waals surface area contributed by atoms with Gasteiger partial charge in [0.25, 0.3) is 0 Å². The van der Waals surface area contributed by atoms with E-state index in [1.165, 1.54) is 28.0 Å². The van der Waals surface area contributed by atoms with Crippen LogP contribution in [0.25, 0.3) is 10.9 Å². The number of rotatable bonds is 13. The van der Waals surface area contributed by atoms with Gasteiger partial charge in [-0.1, -0.05) is 0 Å². The number of ether oxygens (including phenoxy) is 1. The van der Waals surface area contributed by atoms with E-state index in [1.807, 2.05) is 31.3 Å². The summed E-state index contributed by atoms with van der Waals surface area (Å²) < 4.78 is 39.2. The van der Waals surface area contributed by atoms with Gasteiger partial charge >= 0.3 is 222 Å². The fourth-order valence-corrected chi connectivity index (χ4v) is 23.6. The summed E-state index contributed by atoms with van der Waals surface area (Å²) in [6.45, 7) is 8.62. The van der Waals surface area contributed by atoms with Gasteiger partial charge < -0.3 is 0 Å². The molecule has 1 heterocycles. The van der Waals surface area contributed by atoms with E-state index in [4.69, 9.17) is 4.74 Å². The molecule has 0 saturated heterocycles. The van der Waals surface area contributed by atoms with Crippen LogP contribution in [0.15, 0.2) is 53.6 Å². The number of unbranched alkanes of at least 4 members (excludes halogenated alkanes) is 3. The number of hydrogen-bond acceptors (Lipinski definition) is 4. The minimum atomic E-state index is -3.83. The van der Waals surface area contributed by atoms with Crippen LogP contribution in [0.4, 0.5) is 0 Å². The second-order valence-electron chi connectivity index (χ2n) is 9.94. The van der Waals surface area contributed by atoms with E-state index in [0.717, 1.165) is 49.5 Å². The molecule has 196 valence electrons. The molecule has 0 unspecified atom stereocenters. The maximum absolute atomic E-state index is 14.0. The number of carbonyl (C=O) groups is 1. The molecule has 0 radical (unpaired) electrons. The number of esters is 1. The van der Waals surface area contributed by atoms with Crippen molar-refractivity contribution in [2.75, 3.05) is 7.11 Å². The molecule has 5 nitrogen and oxygen atoms in total. The maximum atomic E-state index is 14.0. The molecule has 7 heteroatoms. The molecule has 0 aliphatic heterocycles. The first-order valence-corrected chi connectivity index (χ1v) is 22.2. The van der Waals surface area contributed by atoms with Gasteiger partial charge in [0.05, 0.1) is 0 Å². The minimum absolute atomic E-state index is 0.261. The van der Waals surface area contributed by atoms with Crippen LogP contribution in [0, 0.1) is 6.92 Å². The molecule has 0 aliphatic carbocycles. The van der Waals surface area contributed by atoms with E-state index in [0.29, 0.717) is 11.1 Å². The number of hydrogen-bond donors (Lipinski definition) is 0. The van der Waals surface area contributed by atoms with Gasteiger partial charge in [-0.05, 0) is 0 Å². The van der Waals surface area contributed by atoms with Crippen molar-refractivity contribution in [3.8, 4) is 0 Å². The van der Waals surface area contributed by atoms with E-state index in [9.17, 15) is 13.2 Å². The molecule has 36 heavy (non-hydrogen) atoms. The number of fused-ring (bicyclic) bond motifs is 1. The van der Waals surface area contributed by atoms with E-state index in [-0.39, 0.29) is 4.90 Å². The molecular formula is C29H41NO4SSn. The number of methoxy groups -OCH3 is 1. The third-order valence-electron chi connectivity index (χ3n) is 7.38. The van der Waals surface area contributed by atoms with Gasteiger partial charge in [-0.2, -0.15) is 0 Å². The van der Waals surface area contributed by atoms with E-state index in [1.54, 1.807) is 24.3 Å². The van der Waals surface area contributed by atoms with Gasteiger partial charge in [0, 0.05) is 0 Å². The Morgan fingerprint density at radius 3 is 1.94 bits per heavy atom. The van der Waals surface area contributed by atoms with Crippen LogP contribution in [0.3, 0.4) is 0 Å². The number of benzene rings is 2. The van der Waals surface area contributed by atoms with Crippen molar-refractivity contribution in [2.24, 2.45) is 0 Å². The van der Waals surface area contributed by atoms with Crippen molar-refractivity contribution in [2.45, 2.75) is 84.4 Å². The molecule has 0 amide bonds. The van der Waals surface area contributed by atoms with Crippen LogP contribution in [-0.2, 0) is 14.8 Å². The Hall–Kier alpha value is -1.80. The third-order valence-corrected chi connectivity index (χ3v) is 24.6.